The Hall–Kier alpha value is -1.39. The highest BCUT2D eigenvalue weighted by atomic mass is 16.2. The van der Waals surface area contributed by atoms with Crippen molar-refractivity contribution in [2.75, 3.05) is 14.1 Å². The van der Waals surface area contributed by atoms with E-state index in [1.807, 2.05) is 0 Å². The molecule has 0 unspecified atom stereocenters. The molecule has 1 radical (unpaired) electrons. The summed E-state index contributed by atoms with van der Waals surface area (Å²) in [6, 6.07) is -0.228. The Labute approximate surface area is 58.2 Å². The number of nitrogens with zero attached hydrogens (tertiary/aromatic N) is 4. The zero-order valence-corrected chi connectivity index (χ0v) is 5.77. The number of hydrogen-bond donors (Lipinski definition) is 0. The van der Waals surface area contributed by atoms with Gasteiger partial charge in [-0.1, -0.05) is 5.21 Å². The summed E-state index contributed by atoms with van der Waals surface area (Å²) in [4.78, 5) is 12.4. The summed E-state index contributed by atoms with van der Waals surface area (Å²) in [7, 11) is 3.29. The zero-order valence-electron chi connectivity index (χ0n) is 5.77. The minimum atomic E-state index is -0.228. The van der Waals surface area contributed by atoms with Crippen molar-refractivity contribution < 1.29 is 4.79 Å². The summed E-state index contributed by atoms with van der Waals surface area (Å²) in [6.07, 6.45) is 3.80. The molecule has 1 heterocycles. The lowest BCUT2D eigenvalue weighted by Gasteiger charge is -2.07. The van der Waals surface area contributed by atoms with Gasteiger partial charge in [-0.25, -0.2) is 4.79 Å². The van der Waals surface area contributed by atoms with E-state index in [9.17, 15) is 4.79 Å². The average Bonchev–Trinajstić information content (AvgIpc) is 2.36. The van der Waals surface area contributed by atoms with Crippen molar-refractivity contribution in [1.82, 2.24) is 19.9 Å². The van der Waals surface area contributed by atoms with Gasteiger partial charge in [0.25, 0.3) is 0 Å². The highest BCUT2D eigenvalue weighted by molar-refractivity contribution is 5.74. The maximum absolute atomic E-state index is 11.0. The van der Waals surface area contributed by atoms with Gasteiger partial charge in [0.1, 0.15) is 6.20 Å². The van der Waals surface area contributed by atoms with E-state index in [0.29, 0.717) is 0 Å². The molecule has 0 aliphatic rings. The molecule has 5 heteroatoms. The first-order valence-electron chi connectivity index (χ1n) is 2.72. The highest BCUT2D eigenvalue weighted by Crippen LogP contribution is 1.84. The Morgan fingerprint density at radius 3 is 2.80 bits per heavy atom. The summed E-state index contributed by atoms with van der Waals surface area (Å²) < 4.78 is 1.11. The van der Waals surface area contributed by atoms with Crippen molar-refractivity contribution in [2.45, 2.75) is 0 Å². The van der Waals surface area contributed by atoms with Crippen LogP contribution in [0.15, 0.2) is 6.20 Å². The topological polar surface area (TPSA) is 51.0 Å². The monoisotopic (exact) mass is 139 g/mol. The fourth-order valence-corrected chi connectivity index (χ4v) is 0.479. The molecule has 0 atom stereocenters. The van der Waals surface area contributed by atoms with Gasteiger partial charge in [-0.15, -0.1) is 5.10 Å². The second-order valence-electron chi connectivity index (χ2n) is 1.97. The molecule has 1 rings (SSSR count). The summed E-state index contributed by atoms with van der Waals surface area (Å²) >= 11 is 0. The summed E-state index contributed by atoms with van der Waals surface area (Å²) in [6.45, 7) is 0. The van der Waals surface area contributed by atoms with E-state index in [0.717, 1.165) is 4.68 Å². The quantitative estimate of drug-likeness (QED) is 0.491. The molecule has 0 aliphatic heterocycles. The van der Waals surface area contributed by atoms with Crippen LogP contribution in [-0.2, 0) is 0 Å². The van der Waals surface area contributed by atoms with Crippen LogP contribution in [0.4, 0.5) is 4.79 Å². The van der Waals surface area contributed by atoms with Crippen LogP contribution in [0.1, 0.15) is 0 Å². The summed E-state index contributed by atoms with van der Waals surface area (Å²) in [5.74, 6) is 0. The van der Waals surface area contributed by atoms with Gasteiger partial charge < -0.3 is 4.90 Å². The van der Waals surface area contributed by atoms with Crippen LogP contribution in [-0.4, -0.2) is 40.0 Å². The van der Waals surface area contributed by atoms with Crippen LogP contribution in [0.2, 0.25) is 0 Å². The molecule has 10 heavy (non-hydrogen) atoms. The molecule has 0 fully saturated rings. The third kappa shape index (κ3) is 1.12. The Morgan fingerprint density at radius 2 is 2.40 bits per heavy atom. The van der Waals surface area contributed by atoms with Crippen molar-refractivity contribution in [3.05, 3.63) is 12.4 Å². The van der Waals surface area contributed by atoms with Gasteiger partial charge in [-0.2, -0.15) is 4.68 Å². The molecule has 5 nitrogen and oxygen atoms in total. The first-order chi connectivity index (χ1) is 4.72. The molecule has 53 valence electrons. The second kappa shape index (κ2) is 2.47. The van der Waals surface area contributed by atoms with Gasteiger partial charge in [0.2, 0.25) is 0 Å². The fourth-order valence-electron chi connectivity index (χ4n) is 0.479. The molecule has 0 aliphatic carbocycles. The van der Waals surface area contributed by atoms with Gasteiger partial charge in [-0.3, -0.25) is 0 Å². The van der Waals surface area contributed by atoms with Gasteiger partial charge in [-0.05, 0) is 0 Å². The third-order valence-corrected chi connectivity index (χ3v) is 0.957. The van der Waals surface area contributed by atoms with Gasteiger partial charge in [0.05, 0.1) is 6.20 Å². The highest BCUT2D eigenvalue weighted by Gasteiger charge is 2.05. The normalized spacial score (nSPS) is 9.40. The SMILES string of the molecule is CN(C)C(=O)n1c[c]nn1. The first-order valence-corrected chi connectivity index (χ1v) is 2.72. The lowest BCUT2D eigenvalue weighted by atomic mass is 10.8. The smallest absolute Gasteiger partial charge is 0.329 e. The third-order valence-electron chi connectivity index (χ3n) is 0.957. The van der Waals surface area contributed by atoms with Crippen molar-refractivity contribution in [2.24, 2.45) is 0 Å². The second-order valence-corrected chi connectivity index (χ2v) is 1.97. The Bertz CT molecular complexity index is 216. The number of carbonyl (C=O) groups is 1. The van der Waals surface area contributed by atoms with E-state index < -0.39 is 0 Å². The molecule has 0 aromatic carbocycles. The predicted octanol–water partition coefficient (Wildman–Crippen LogP) is -0.392. The molecule has 1 amide bonds. The first kappa shape index (κ1) is 6.73. The minimum absolute atomic E-state index is 0.228. The van der Waals surface area contributed by atoms with Gasteiger partial charge in [0.15, 0.2) is 0 Å². The van der Waals surface area contributed by atoms with Crippen molar-refractivity contribution in [3.63, 3.8) is 0 Å². The standard InChI is InChI=1S/C5H7N4O/c1-8(2)5(10)9-4-3-6-7-9/h4H,1-2H3. The molecule has 0 saturated carbocycles. The van der Waals surface area contributed by atoms with Crippen LogP contribution >= 0.6 is 0 Å². The van der Waals surface area contributed by atoms with Gasteiger partial charge in [0, 0.05) is 14.1 Å². The predicted molar refractivity (Wildman–Crippen MR) is 33.3 cm³/mol. The molecule has 0 saturated heterocycles. The van der Waals surface area contributed by atoms with E-state index in [-0.39, 0.29) is 6.03 Å². The molecular formula is C5H7N4O. The summed E-state index contributed by atoms with van der Waals surface area (Å²) in [5, 5.41) is 6.82. The fraction of sp³-hybridized carbons (Fsp3) is 0.400. The molecular weight excluding hydrogens is 132 g/mol. The number of rotatable bonds is 0. The molecule has 1 aromatic rings. The van der Waals surface area contributed by atoms with E-state index in [4.69, 9.17) is 0 Å². The largest absolute Gasteiger partial charge is 0.345 e. The summed E-state index contributed by atoms with van der Waals surface area (Å²) in [5.41, 5.74) is 0. The van der Waals surface area contributed by atoms with Crippen LogP contribution < -0.4 is 0 Å². The lowest BCUT2D eigenvalue weighted by molar-refractivity contribution is 0.215. The van der Waals surface area contributed by atoms with Crippen molar-refractivity contribution in [1.29, 1.82) is 0 Å². The maximum atomic E-state index is 11.0. The van der Waals surface area contributed by atoms with Crippen LogP contribution in [0.3, 0.4) is 0 Å². The Kier molecular flexibility index (Phi) is 1.66. The van der Waals surface area contributed by atoms with E-state index in [1.165, 1.54) is 11.1 Å². The zero-order chi connectivity index (χ0) is 7.56. The van der Waals surface area contributed by atoms with Crippen molar-refractivity contribution in [3.8, 4) is 0 Å². The number of amides is 1. The van der Waals surface area contributed by atoms with Crippen molar-refractivity contribution >= 4 is 6.03 Å². The Balaban J connectivity index is 2.78. The van der Waals surface area contributed by atoms with E-state index in [1.54, 1.807) is 14.1 Å². The number of aromatic nitrogens is 3. The van der Waals surface area contributed by atoms with Gasteiger partial charge >= 0.3 is 6.03 Å². The van der Waals surface area contributed by atoms with E-state index in [2.05, 4.69) is 16.5 Å². The molecule has 0 N–H and O–H groups in total. The minimum Gasteiger partial charge on any atom is -0.329 e. The average molecular weight is 139 g/mol. The number of carbonyl (C=O) groups excluding carboxylic acids is 1. The van der Waals surface area contributed by atoms with Crippen LogP contribution in [0.25, 0.3) is 0 Å². The Morgan fingerprint density at radius 1 is 1.70 bits per heavy atom. The lowest BCUT2D eigenvalue weighted by Crippen LogP contribution is -2.27. The van der Waals surface area contributed by atoms with Crippen LogP contribution in [0.5, 0.6) is 0 Å². The molecule has 1 aromatic heterocycles. The molecule has 0 bridgehead atoms. The number of hydrogen-bond acceptors (Lipinski definition) is 3. The van der Waals surface area contributed by atoms with Crippen LogP contribution in [0, 0.1) is 6.20 Å². The van der Waals surface area contributed by atoms with E-state index >= 15 is 0 Å². The molecule has 0 spiro atoms. The maximum Gasteiger partial charge on any atom is 0.345 e.